The predicted octanol–water partition coefficient (Wildman–Crippen LogP) is 14.0. The van der Waals surface area contributed by atoms with Crippen LogP contribution >= 0.6 is 0 Å². The molecule has 0 atom stereocenters. The SMILES string of the molecule is c1ccc([Si](c2ccccc2)(c2ccccc2)c2cccc(-c3cccc(-n4c5ccccc5c5cc(-n6c7ccccc7c7ccccc76)ccc54)c3-n3c4ccccc4c4ccccc43)c2)cc1. The molecule has 0 amide bonds. The molecule has 0 N–H and O–H groups in total. The molecular formula is C66H45N3Si. The third-order valence-electron chi connectivity index (χ3n) is 14.8. The molecule has 328 valence electrons. The van der Waals surface area contributed by atoms with Gasteiger partial charge in [-0.3, -0.25) is 0 Å². The van der Waals surface area contributed by atoms with Crippen molar-refractivity contribution in [2.24, 2.45) is 0 Å². The number of aromatic nitrogens is 3. The van der Waals surface area contributed by atoms with Crippen molar-refractivity contribution < 1.29 is 0 Å². The van der Waals surface area contributed by atoms with Crippen molar-refractivity contribution in [2.45, 2.75) is 0 Å². The van der Waals surface area contributed by atoms with Crippen LogP contribution in [0, 0.1) is 0 Å². The van der Waals surface area contributed by atoms with E-state index in [1.807, 2.05) is 0 Å². The van der Waals surface area contributed by atoms with Crippen LogP contribution in [0.2, 0.25) is 0 Å². The highest BCUT2D eigenvalue weighted by atomic mass is 28.3. The molecule has 11 aromatic carbocycles. The first kappa shape index (κ1) is 40.1. The Morgan fingerprint density at radius 1 is 0.243 bits per heavy atom. The fourth-order valence-electron chi connectivity index (χ4n) is 11.9. The van der Waals surface area contributed by atoms with Gasteiger partial charge in [-0.25, -0.2) is 0 Å². The van der Waals surface area contributed by atoms with E-state index in [2.05, 4.69) is 287 Å². The fraction of sp³-hybridized carbons (Fsp3) is 0. The Bertz CT molecular complexity index is 4090. The van der Waals surface area contributed by atoms with Crippen LogP contribution in [0.5, 0.6) is 0 Å². The van der Waals surface area contributed by atoms with Gasteiger partial charge in [0.1, 0.15) is 0 Å². The van der Waals surface area contributed by atoms with Gasteiger partial charge in [-0.15, -0.1) is 0 Å². The number of benzene rings is 11. The van der Waals surface area contributed by atoms with Crippen LogP contribution in [-0.2, 0) is 0 Å². The Labute approximate surface area is 407 Å². The normalized spacial score (nSPS) is 12.0. The topological polar surface area (TPSA) is 14.8 Å². The second-order valence-electron chi connectivity index (χ2n) is 18.4. The van der Waals surface area contributed by atoms with E-state index in [4.69, 9.17) is 0 Å². The minimum absolute atomic E-state index is 1.11. The first-order valence-corrected chi connectivity index (χ1v) is 26.2. The van der Waals surface area contributed by atoms with Crippen molar-refractivity contribution in [2.75, 3.05) is 0 Å². The molecule has 4 heteroatoms. The molecule has 70 heavy (non-hydrogen) atoms. The van der Waals surface area contributed by atoms with E-state index < -0.39 is 8.07 Å². The van der Waals surface area contributed by atoms with Crippen molar-refractivity contribution in [3.05, 3.63) is 273 Å². The molecule has 14 rings (SSSR count). The Morgan fingerprint density at radius 2 is 0.629 bits per heavy atom. The van der Waals surface area contributed by atoms with E-state index in [9.17, 15) is 0 Å². The average molecular weight is 908 g/mol. The largest absolute Gasteiger partial charge is 0.309 e. The molecule has 3 heterocycles. The monoisotopic (exact) mass is 907 g/mol. The smallest absolute Gasteiger partial charge is 0.179 e. The van der Waals surface area contributed by atoms with Gasteiger partial charge in [-0.2, -0.15) is 0 Å². The molecule has 0 aliphatic heterocycles. The van der Waals surface area contributed by atoms with Crippen LogP contribution < -0.4 is 20.7 Å². The lowest BCUT2D eigenvalue weighted by molar-refractivity contribution is 1.10. The van der Waals surface area contributed by atoms with Crippen molar-refractivity contribution in [3.63, 3.8) is 0 Å². The summed E-state index contributed by atoms with van der Waals surface area (Å²) in [4.78, 5) is 0. The summed E-state index contributed by atoms with van der Waals surface area (Å²) in [6.07, 6.45) is 0. The Kier molecular flexibility index (Phi) is 9.23. The van der Waals surface area contributed by atoms with Crippen molar-refractivity contribution in [3.8, 4) is 28.2 Å². The van der Waals surface area contributed by atoms with Crippen molar-refractivity contribution in [1.29, 1.82) is 0 Å². The highest BCUT2D eigenvalue weighted by Gasteiger charge is 2.41. The summed E-state index contributed by atoms with van der Waals surface area (Å²) >= 11 is 0. The number of fused-ring (bicyclic) bond motifs is 9. The molecule has 0 fully saturated rings. The van der Waals surface area contributed by atoms with E-state index in [-0.39, 0.29) is 0 Å². The quantitative estimate of drug-likeness (QED) is 0.107. The third kappa shape index (κ3) is 5.94. The van der Waals surface area contributed by atoms with Crippen LogP contribution in [0.1, 0.15) is 0 Å². The lowest BCUT2D eigenvalue weighted by Crippen LogP contribution is -2.74. The molecule has 3 nitrogen and oxygen atoms in total. The van der Waals surface area contributed by atoms with Gasteiger partial charge in [0.2, 0.25) is 0 Å². The minimum atomic E-state index is -2.85. The van der Waals surface area contributed by atoms with E-state index in [0.29, 0.717) is 0 Å². The fourth-order valence-corrected chi connectivity index (χ4v) is 16.7. The molecule has 0 aliphatic rings. The lowest BCUT2D eigenvalue weighted by Gasteiger charge is -2.34. The molecule has 3 aromatic heterocycles. The molecule has 0 saturated carbocycles. The summed E-state index contributed by atoms with van der Waals surface area (Å²) in [6, 6.07) is 101. The van der Waals surface area contributed by atoms with E-state index in [1.54, 1.807) is 0 Å². The summed E-state index contributed by atoms with van der Waals surface area (Å²) in [5.41, 5.74) is 12.8. The first-order chi connectivity index (χ1) is 34.8. The number of para-hydroxylation sites is 6. The predicted molar refractivity (Wildman–Crippen MR) is 299 cm³/mol. The van der Waals surface area contributed by atoms with Gasteiger partial charge in [-0.1, -0.05) is 218 Å². The number of hydrogen-bond donors (Lipinski definition) is 0. The van der Waals surface area contributed by atoms with Crippen LogP contribution in [0.15, 0.2) is 273 Å². The zero-order chi connectivity index (χ0) is 46.2. The van der Waals surface area contributed by atoms with Crippen LogP contribution in [-0.4, -0.2) is 21.8 Å². The van der Waals surface area contributed by atoms with Crippen LogP contribution in [0.4, 0.5) is 0 Å². The standard InChI is InChI=1S/C66H45N3Si/c1-4-23-48(24-5-1)70(49-25-6-2-7-26-49,50-27-8-3-9-28-50)51-29-20-22-46(44-51)52-35-21-41-65(66(52)69-62-39-18-12-32-55(62)56-33-13-19-40-63(56)69)68-61-38-17-14-34-57(61)58-45-47(42-43-64(58)68)67-59-36-15-10-30-53(59)54-31-11-16-37-60(54)67/h1-45H. The second kappa shape index (κ2) is 16.1. The Balaban J connectivity index is 1.07. The third-order valence-corrected chi connectivity index (χ3v) is 19.6. The maximum Gasteiger partial charge on any atom is 0.179 e. The zero-order valence-corrected chi connectivity index (χ0v) is 39.3. The molecule has 0 unspecified atom stereocenters. The van der Waals surface area contributed by atoms with Crippen LogP contribution in [0.25, 0.3) is 93.6 Å². The number of rotatable bonds is 8. The van der Waals surface area contributed by atoms with E-state index in [1.165, 1.54) is 80.7 Å². The zero-order valence-electron chi connectivity index (χ0n) is 38.3. The Hall–Kier alpha value is -8.96. The van der Waals surface area contributed by atoms with Gasteiger partial charge in [-0.05, 0) is 80.9 Å². The van der Waals surface area contributed by atoms with Crippen molar-refractivity contribution >= 4 is 94.2 Å². The Morgan fingerprint density at radius 3 is 1.13 bits per heavy atom. The van der Waals surface area contributed by atoms with Gasteiger partial charge in [0.15, 0.2) is 8.07 Å². The minimum Gasteiger partial charge on any atom is -0.309 e. The summed E-state index contributed by atoms with van der Waals surface area (Å²) in [6.45, 7) is 0. The maximum absolute atomic E-state index is 2.85. The van der Waals surface area contributed by atoms with Gasteiger partial charge in [0, 0.05) is 43.6 Å². The van der Waals surface area contributed by atoms with Crippen molar-refractivity contribution in [1.82, 2.24) is 13.7 Å². The highest BCUT2D eigenvalue weighted by molar-refractivity contribution is 7.19. The molecule has 0 aliphatic carbocycles. The van der Waals surface area contributed by atoms with Gasteiger partial charge in [0.25, 0.3) is 0 Å². The molecule has 0 saturated heterocycles. The van der Waals surface area contributed by atoms with E-state index >= 15 is 0 Å². The summed E-state index contributed by atoms with van der Waals surface area (Å²) in [7, 11) is -2.85. The summed E-state index contributed by atoms with van der Waals surface area (Å²) in [5.74, 6) is 0. The highest BCUT2D eigenvalue weighted by Crippen LogP contribution is 2.43. The number of nitrogens with zero attached hydrogens (tertiary/aromatic N) is 3. The molecule has 0 bridgehead atoms. The van der Waals surface area contributed by atoms with Gasteiger partial charge in [0.05, 0.1) is 44.5 Å². The molecule has 14 aromatic rings. The molecule has 0 radical (unpaired) electrons. The molecular weight excluding hydrogens is 863 g/mol. The van der Waals surface area contributed by atoms with Gasteiger partial charge < -0.3 is 13.7 Å². The average Bonchev–Trinajstić information content (AvgIpc) is 4.07. The summed E-state index contributed by atoms with van der Waals surface area (Å²) < 4.78 is 7.48. The van der Waals surface area contributed by atoms with E-state index in [0.717, 1.165) is 33.7 Å². The van der Waals surface area contributed by atoms with Gasteiger partial charge >= 0.3 is 0 Å². The lowest BCUT2D eigenvalue weighted by atomic mass is 10.0. The maximum atomic E-state index is 2.53. The molecule has 0 spiro atoms. The van der Waals surface area contributed by atoms with Crippen LogP contribution in [0.3, 0.4) is 0 Å². The first-order valence-electron chi connectivity index (χ1n) is 24.2. The second-order valence-corrected chi connectivity index (χ2v) is 22.2. The number of hydrogen-bond acceptors (Lipinski definition) is 0. The summed E-state index contributed by atoms with van der Waals surface area (Å²) in [5, 5.41) is 12.8.